The first-order valence-corrected chi connectivity index (χ1v) is 9.19. The second kappa shape index (κ2) is 6.70. The van der Waals surface area contributed by atoms with E-state index in [-0.39, 0.29) is 11.9 Å². The van der Waals surface area contributed by atoms with Gasteiger partial charge < -0.3 is 18.8 Å². The van der Waals surface area contributed by atoms with Crippen LogP contribution in [0, 0.1) is 0 Å². The van der Waals surface area contributed by atoms with Gasteiger partial charge in [0.25, 0.3) is 5.91 Å². The third-order valence-corrected chi connectivity index (χ3v) is 5.51. The van der Waals surface area contributed by atoms with Crippen LogP contribution in [-0.4, -0.2) is 37.7 Å². The molecule has 1 saturated carbocycles. The van der Waals surface area contributed by atoms with E-state index >= 15 is 0 Å². The van der Waals surface area contributed by atoms with Gasteiger partial charge in [0.2, 0.25) is 0 Å². The molecule has 1 amide bonds. The molecule has 2 fully saturated rings. The van der Waals surface area contributed by atoms with E-state index in [0.717, 1.165) is 16.4 Å². The predicted octanol–water partition coefficient (Wildman–Crippen LogP) is 3.58. The Kier molecular flexibility index (Phi) is 4.43. The fraction of sp³-hybridized carbons (Fsp3) is 0.500. The molecule has 1 aliphatic carbocycles. The first-order valence-electron chi connectivity index (χ1n) is 8.31. The molecular formula is C18H21NO4S. The van der Waals surface area contributed by atoms with E-state index in [0.29, 0.717) is 32.3 Å². The van der Waals surface area contributed by atoms with Crippen LogP contribution in [0.2, 0.25) is 0 Å². The molecule has 0 radical (unpaired) electrons. The lowest BCUT2D eigenvalue weighted by Gasteiger charge is -2.34. The average molecular weight is 347 g/mol. The van der Waals surface area contributed by atoms with E-state index < -0.39 is 0 Å². The molecule has 6 heteroatoms. The van der Waals surface area contributed by atoms with Crippen molar-refractivity contribution in [2.24, 2.45) is 0 Å². The summed E-state index contributed by atoms with van der Waals surface area (Å²) in [6, 6.07) is 5.75. The van der Waals surface area contributed by atoms with E-state index in [9.17, 15) is 4.79 Å². The van der Waals surface area contributed by atoms with E-state index in [1.807, 2.05) is 22.4 Å². The van der Waals surface area contributed by atoms with Crippen LogP contribution in [0.15, 0.2) is 28.0 Å². The maximum Gasteiger partial charge on any atom is 0.264 e. The molecule has 1 saturated heterocycles. The van der Waals surface area contributed by atoms with Crippen molar-refractivity contribution in [1.82, 2.24) is 4.90 Å². The number of amides is 1. The fourth-order valence-electron chi connectivity index (χ4n) is 3.22. The molecule has 2 aliphatic rings. The highest BCUT2D eigenvalue weighted by atomic mass is 32.1. The van der Waals surface area contributed by atoms with Gasteiger partial charge in [-0.3, -0.25) is 4.79 Å². The Bertz CT molecular complexity index is 718. The Morgan fingerprint density at radius 2 is 2.25 bits per heavy atom. The maximum absolute atomic E-state index is 13.1. The van der Waals surface area contributed by atoms with Gasteiger partial charge in [-0.1, -0.05) is 0 Å². The predicted molar refractivity (Wildman–Crippen MR) is 90.3 cm³/mol. The van der Waals surface area contributed by atoms with Crippen molar-refractivity contribution in [1.29, 1.82) is 0 Å². The van der Waals surface area contributed by atoms with Crippen LogP contribution in [0.4, 0.5) is 0 Å². The number of methoxy groups -OCH3 is 1. The number of hydrogen-bond acceptors (Lipinski definition) is 5. The van der Waals surface area contributed by atoms with Crippen molar-refractivity contribution in [2.45, 2.75) is 31.4 Å². The standard InChI is InChI=1S/C18H21NO4S/c1-21-10-13-4-5-16(23-13)15-11-22-8-7-19(15)18(20)17-14(6-9-24-17)12-2-3-12/h4-6,9,12,15H,2-3,7-8,10-11H2,1H3. The highest BCUT2D eigenvalue weighted by molar-refractivity contribution is 7.12. The number of ether oxygens (including phenoxy) is 2. The lowest BCUT2D eigenvalue weighted by Crippen LogP contribution is -2.43. The maximum atomic E-state index is 13.1. The largest absolute Gasteiger partial charge is 0.461 e. The van der Waals surface area contributed by atoms with Crippen LogP contribution >= 0.6 is 11.3 Å². The molecule has 2 aromatic rings. The third-order valence-electron chi connectivity index (χ3n) is 4.59. The summed E-state index contributed by atoms with van der Waals surface area (Å²) in [7, 11) is 1.64. The second-order valence-electron chi connectivity index (χ2n) is 6.31. The Labute approximate surface area is 145 Å². The SMILES string of the molecule is COCc1ccc(C2COCCN2C(=O)c2sccc2C2CC2)o1. The summed E-state index contributed by atoms with van der Waals surface area (Å²) >= 11 is 1.55. The molecule has 24 heavy (non-hydrogen) atoms. The Hall–Kier alpha value is -1.63. The normalized spacial score (nSPS) is 21.2. The molecule has 5 nitrogen and oxygen atoms in total. The minimum absolute atomic E-state index is 0.102. The molecule has 2 aromatic heterocycles. The molecule has 0 bridgehead atoms. The van der Waals surface area contributed by atoms with Gasteiger partial charge in [0, 0.05) is 13.7 Å². The van der Waals surface area contributed by atoms with E-state index in [1.54, 1.807) is 18.4 Å². The molecule has 1 unspecified atom stereocenters. The highest BCUT2D eigenvalue weighted by Gasteiger charge is 2.35. The summed E-state index contributed by atoms with van der Waals surface area (Å²) in [5.74, 6) is 2.20. The molecule has 1 aliphatic heterocycles. The lowest BCUT2D eigenvalue weighted by molar-refractivity contribution is -0.00927. The van der Waals surface area contributed by atoms with Crippen LogP contribution in [0.3, 0.4) is 0 Å². The molecule has 0 aromatic carbocycles. The van der Waals surface area contributed by atoms with Crippen molar-refractivity contribution in [3.05, 3.63) is 45.5 Å². The van der Waals surface area contributed by atoms with Gasteiger partial charge >= 0.3 is 0 Å². The van der Waals surface area contributed by atoms with Gasteiger partial charge in [-0.25, -0.2) is 0 Å². The van der Waals surface area contributed by atoms with Gasteiger partial charge in [0.1, 0.15) is 24.2 Å². The van der Waals surface area contributed by atoms with Gasteiger partial charge in [-0.15, -0.1) is 11.3 Å². The summed E-state index contributed by atoms with van der Waals surface area (Å²) in [5, 5.41) is 2.03. The molecule has 3 heterocycles. The first-order chi connectivity index (χ1) is 11.8. The van der Waals surface area contributed by atoms with Gasteiger partial charge in [-0.05, 0) is 47.9 Å². The van der Waals surface area contributed by atoms with Crippen molar-refractivity contribution in [3.8, 4) is 0 Å². The monoisotopic (exact) mass is 347 g/mol. The van der Waals surface area contributed by atoms with E-state index in [4.69, 9.17) is 13.9 Å². The first kappa shape index (κ1) is 15.9. The molecular weight excluding hydrogens is 326 g/mol. The van der Waals surface area contributed by atoms with Crippen LogP contribution in [0.25, 0.3) is 0 Å². The number of thiophene rings is 1. The summed E-state index contributed by atoms with van der Waals surface area (Å²) in [4.78, 5) is 15.9. The third kappa shape index (κ3) is 3.01. The zero-order valence-corrected chi connectivity index (χ0v) is 14.5. The topological polar surface area (TPSA) is 51.9 Å². The van der Waals surface area contributed by atoms with E-state index in [1.165, 1.54) is 18.4 Å². The minimum Gasteiger partial charge on any atom is -0.461 e. The van der Waals surface area contributed by atoms with Gasteiger partial charge in [0.15, 0.2) is 0 Å². The highest BCUT2D eigenvalue weighted by Crippen LogP contribution is 2.44. The summed E-state index contributed by atoms with van der Waals surface area (Å²) in [5.41, 5.74) is 1.22. The molecule has 4 rings (SSSR count). The van der Waals surface area contributed by atoms with Crippen molar-refractivity contribution in [3.63, 3.8) is 0 Å². The zero-order valence-electron chi connectivity index (χ0n) is 13.7. The van der Waals surface area contributed by atoms with Crippen molar-refractivity contribution < 1.29 is 18.7 Å². The number of carbonyl (C=O) groups is 1. The zero-order chi connectivity index (χ0) is 16.5. The fourth-order valence-corrected chi connectivity index (χ4v) is 4.15. The van der Waals surface area contributed by atoms with Crippen LogP contribution in [0.1, 0.15) is 51.6 Å². The van der Waals surface area contributed by atoms with Crippen LogP contribution < -0.4 is 0 Å². The summed E-state index contributed by atoms with van der Waals surface area (Å²) in [6.45, 7) is 2.05. The molecule has 0 spiro atoms. The average Bonchev–Trinajstić information content (AvgIpc) is 3.15. The van der Waals surface area contributed by atoms with E-state index in [2.05, 4.69) is 6.07 Å². The van der Waals surface area contributed by atoms with Crippen molar-refractivity contribution in [2.75, 3.05) is 26.9 Å². The second-order valence-corrected chi connectivity index (χ2v) is 7.22. The lowest BCUT2D eigenvalue weighted by atomic mass is 10.1. The smallest absolute Gasteiger partial charge is 0.264 e. The summed E-state index contributed by atoms with van der Waals surface area (Å²) in [6.07, 6.45) is 2.39. The van der Waals surface area contributed by atoms with Gasteiger partial charge in [0.05, 0.1) is 18.1 Å². The summed E-state index contributed by atoms with van der Waals surface area (Å²) < 4.78 is 16.6. The minimum atomic E-state index is -0.175. The van der Waals surface area contributed by atoms with Crippen molar-refractivity contribution >= 4 is 17.2 Å². The van der Waals surface area contributed by atoms with Gasteiger partial charge in [-0.2, -0.15) is 0 Å². The molecule has 128 valence electrons. The Morgan fingerprint density at radius 1 is 1.38 bits per heavy atom. The molecule has 1 atom stereocenters. The number of carbonyl (C=O) groups excluding carboxylic acids is 1. The number of morpholine rings is 1. The Morgan fingerprint density at radius 3 is 3.04 bits per heavy atom. The number of rotatable bonds is 5. The van der Waals surface area contributed by atoms with Crippen LogP contribution in [-0.2, 0) is 16.1 Å². The van der Waals surface area contributed by atoms with Crippen LogP contribution in [0.5, 0.6) is 0 Å². The number of hydrogen-bond donors (Lipinski definition) is 0. The number of furan rings is 1. The quantitative estimate of drug-likeness (QED) is 0.829. The number of nitrogens with zero attached hydrogens (tertiary/aromatic N) is 1. The molecule has 0 N–H and O–H groups in total. The Balaban J connectivity index is 1.58.